The predicted octanol–water partition coefficient (Wildman–Crippen LogP) is 4.63. The van der Waals surface area contributed by atoms with Crippen molar-refractivity contribution >= 4 is 23.5 Å². The van der Waals surface area contributed by atoms with Gasteiger partial charge in [0.05, 0.1) is 5.69 Å². The summed E-state index contributed by atoms with van der Waals surface area (Å²) >= 11 is 1.74. The van der Waals surface area contributed by atoms with Crippen LogP contribution in [0.4, 0.5) is 10.5 Å². The predicted molar refractivity (Wildman–Crippen MR) is 110 cm³/mol. The number of urea groups is 1. The summed E-state index contributed by atoms with van der Waals surface area (Å²) in [4.78, 5) is 15.7. The first-order chi connectivity index (χ1) is 12.7. The number of carbonyl (C=O) groups is 1. The van der Waals surface area contributed by atoms with Gasteiger partial charge in [0.25, 0.3) is 0 Å². The Hall–Kier alpha value is -1.98. The number of hydrogen-bond donors (Lipinski definition) is 2. The van der Waals surface area contributed by atoms with E-state index in [9.17, 15) is 4.79 Å². The van der Waals surface area contributed by atoms with Gasteiger partial charge in [-0.05, 0) is 43.9 Å². The van der Waals surface area contributed by atoms with Crippen LogP contribution in [0.1, 0.15) is 30.4 Å². The molecule has 1 saturated heterocycles. The Labute approximate surface area is 160 Å². The number of rotatable bonds is 5. The van der Waals surface area contributed by atoms with E-state index in [2.05, 4.69) is 42.6 Å². The van der Waals surface area contributed by atoms with E-state index in [0.29, 0.717) is 6.54 Å². The van der Waals surface area contributed by atoms with E-state index < -0.39 is 0 Å². The van der Waals surface area contributed by atoms with Crippen molar-refractivity contribution in [2.75, 3.05) is 18.4 Å². The minimum Gasteiger partial charge on any atom is -0.328 e. The van der Waals surface area contributed by atoms with Crippen LogP contribution in [-0.4, -0.2) is 30.1 Å². The summed E-state index contributed by atoms with van der Waals surface area (Å²) in [7, 11) is 0. The van der Waals surface area contributed by atoms with Gasteiger partial charge in [0, 0.05) is 29.8 Å². The van der Waals surface area contributed by atoms with Crippen molar-refractivity contribution in [1.29, 1.82) is 0 Å². The molecule has 1 aliphatic rings. The van der Waals surface area contributed by atoms with Crippen molar-refractivity contribution in [3.63, 3.8) is 0 Å². The van der Waals surface area contributed by atoms with Gasteiger partial charge in [0.2, 0.25) is 0 Å². The molecular formula is C21H27N3OS. The zero-order chi connectivity index (χ0) is 18.4. The Morgan fingerprint density at radius 3 is 2.73 bits per heavy atom. The molecule has 0 aliphatic carbocycles. The number of likely N-dealkylation sites (tertiary alicyclic amines) is 1. The first-order valence-electron chi connectivity index (χ1n) is 9.22. The quantitative estimate of drug-likeness (QED) is 0.755. The Balaban J connectivity index is 1.66. The van der Waals surface area contributed by atoms with Gasteiger partial charge in [-0.2, -0.15) is 0 Å². The maximum Gasteiger partial charge on any atom is 0.322 e. The number of thioether (sulfide) groups is 1. The van der Waals surface area contributed by atoms with Crippen LogP contribution >= 0.6 is 11.8 Å². The molecule has 0 aromatic heterocycles. The fourth-order valence-corrected chi connectivity index (χ4v) is 4.21. The highest BCUT2D eigenvalue weighted by molar-refractivity contribution is 7.98. The number of para-hydroxylation sites is 1. The molecule has 0 radical (unpaired) electrons. The summed E-state index contributed by atoms with van der Waals surface area (Å²) in [5.74, 6) is 0.877. The molecule has 2 aromatic rings. The average molecular weight is 370 g/mol. The Morgan fingerprint density at radius 1 is 1.19 bits per heavy atom. The fourth-order valence-electron chi connectivity index (χ4n) is 3.24. The third-order valence-corrected chi connectivity index (χ3v) is 5.95. The summed E-state index contributed by atoms with van der Waals surface area (Å²) in [5.41, 5.74) is 9.27. The van der Waals surface area contributed by atoms with Gasteiger partial charge >= 0.3 is 6.03 Å². The smallest absolute Gasteiger partial charge is 0.322 e. The van der Waals surface area contributed by atoms with Gasteiger partial charge in [0.1, 0.15) is 0 Å². The second-order valence-electron chi connectivity index (χ2n) is 6.78. The molecule has 1 aliphatic heterocycles. The van der Waals surface area contributed by atoms with E-state index in [1.807, 2.05) is 23.1 Å². The highest BCUT2D eigenvalue weighted by Crippen LogP contribution is 2.30. The van der Waals surface area contributed by atoms with E-state index in [-0.39, 0.29) is 12.1 Å². The summed E-state index contributed by atoms with van der Waals surface area (Å²) in [5, 5.41) is 3.10. The van der Waals surface area contributed by atoms with Crippen molar-refractivity contribution in [1.82, 2.24) is 4.90 Å². The van der Waals surface area contributed by atoms with Crippen LogP contribution in [0.15, 0.2) is 53.4 Å². The van der Waals surface area contributed by atoms with E-state index >= 15 is 0 Å². The third-order valence-electron chi connectivity index (χ3n) is 4.80. The maximum atomic E-state index is 12.8. The van der Waals surface area contributed by atoms with E-state index in [0.717, 1.165) is 42.1 Å². The first-order valence-corrected chi connectivity index (χ1v) is 10.2. The lowest BCUT2D eigenvalue weighted by molar-refractivity contribution is 0.166. The van der Waals surface area contributed by atoms with E-state index in [1.54, 1.807) is 11.8 Å². The Kier molecular flexibility index (Phi) is 6.58. The zero-order valence-electron chi connectivity index (χ0n) is 15.3. The normalized spacial score (nSPS) is 17.2. The molecular weight excluding hydrogens is 342 g/mol. The SMILES string of the molecule is Cc1ccc(CSc2ccccc2NC(=O)N2CCCCC2CN)cc1. The molecule has 0 spiro atoms. The molecule has 5 heteroatoms. The molecule has 138 valence electrons. The van der Waals surface area contributed by atoms with Gasteiger partial charge in [0.15, 0.2) is 0 Å². The molecule has 4 nitrogen and oxygen atoms in total. The molecule has 26 heavy (non-hydrogen) atoms. The topological polar surface area (TPSA) is 58.4 Å². The maximum absolute atomic E-state index is 12.8. The van der Waals surface area contributed by atoms with Crippen LogP contribution in [0.3, 0.4) is 0 Å². The van der Waals surface area contributed by atoms with Gasteiger partial charge < -0.3 is 16.0 Å². The number of carbonyl (C=O) groups excluding carboxylic acids is 1. The molecule has 0 bridgehead atoms. The van der Waals surface area contributed by atoms with Gasteiger partial charge in [-0.1, -0.05) is 42.0 Å². The monoisotopic (exact) mass is 369 g/mol. The third kappa shape index (κ3) is 4.80. The minimum atomic E-state index is -0.0384. The van der Waals surface area contributed by atoms with E-state index in [1.165, 1.54) is 11.1 Å². The Morgan fingerprint density at radius 2 is 1.96 bits per heavy atom. The lowest BCUT2D eigenvalue weighted by atomic mass is 10.0. The number of piperidine rings is 1. The van der Waals surface area contributed by atoms with Crippen LogP contribution in [0.5, 0.6) is 0 Å². The van der Waals surface area contributed by atoms with Crippen molar-refractivity contribution in [2.24, 2.45) is 5.73 Å². The first kappa shape index (κ1) is 18.8. The summed E-state index contributed by atoms with van der Waals surface area (Å²) in [6.07, 6.45) is 3.19. The molecule has 0 saturated carbocycles. The van der Waals surface area contributed by atoms with Crippen LogP contribution in [0.2, 0.25) is 0 Å². The largest absolute Gasteiger partial charge is 0.328 e. The van der Waals surface area contributed by atoms with Crippen LogP contribution in [0.25, 0.3) is 0 Å². The molecule has 3 N–H and O–H groups in total. The average Bonchev–Trinajstić information content (AvgIpc) is 2.68. The highest BCUT2D eigenvalue weighted by Gasteiger charge is 2.25. The lowest BCUT2D eigenvalue weighted by Crippen LogP contribution is -2.49. The minimum absolute atomic E-state index is 0.0384. The highest BCUT2D eigenvalue weighted by atomic mass is 32.2. The summed E-state index contributed by atoms with van der Waals surface area (Å²) in [6, 6.07) is 16.7. The summed E-state index contributed by atoms with van der Waals surface area (Å²) < 4.78 is 0. The second-order valence-corrected chi connectivity index (χ2v) is 7.80. The summed E-state index contributed by atoms with van der Waals surface area (Å²) in [6.45, 7) is 3.40. The lowest BCUT2D eigenvalue weighted by Gasteiger charge is -2.35. The fraction of sp³-hybridized carbons (Fsp3) is 0.381. The second kappa shape index (κ2) is 9.10. The van der Waals surface area contributed by atoms with Crippen molar-refractivity contribution in [2.45, 2.75) is 42.9 Å². The number of benzene rings is 2. The molecule has 1 atom stereocenters. The number of nitrogens with zero attached hydrogens (tertiary/aromatic N) is 1. The van der Waals surface area contributed by atoms with Crippen LogP contribution in [0, 0.1) is 6.92 Å². The number of nitrogens with two attached hydrogens (primary N) is 1. The Bertz CT molecular complexity index is 732. The molecule has 1 heterocycles. The number of anilines is 1. The molecule has 2 amide bonds. The zero-order valence-corrected chi connectivity index (χ0v) is 16.1. The van der Waals surface area contributed by atoms with Crippen molar-refractivity contribution in [3.05, 3.63) is 59.7 Å². The van der Waals surface area contributed by atoms with Gasteiger partial charge in [-0.3, -0.25) is 0 Å². The number of nitrogens with one attached hydrogen (secondary N) is 1. The number of aryl methyl sites for hydroxylation is 1. The number of hydrogen-bond acceptors (Lipinski definition) is 3. The number of amides is 2. The van der Waals surface area contributed by atoms with Gasteiger partial charge in [-0.15, -0.1) is 11.8 Å². The molecule has 1 unspecified atom stereocenters. The standard InChI is InChI=1S/C21H27N3OS/c1-16-9-11-17(12-10-16)15-26-20-8-3-2-7-19(20)23-21(25)24-13-5-4-6-18(24)14-22/h2-3,7-12,18H,4-6,13-15,22H2,1H3,(H,23,25). The van der Waals surface area contributed by atoms with Crippen molar-refractivity contribution < 1.29 is 4.79 Å². The molecule has 2 aromatic carbocycles. The van der Waals surface area contributed by atoms with Crippen molar-refractivity contribution in [3.8, 4) is 0 Å². The van der Waals surface area contributed by atoms with E-state index in [4.69, 9.17) is 5.73 Å². The molecule has 3 rings (SSSR count). The van der Waals surface area contributed by atoms with Crippen LogP contribution < -0.4 is 11.1 Å². The molecule has 1 fully saturated rings. The van der Waals surface area contributed by atoms with Crippen LogP contribution in [-0.2, 0) is 5.75 Å². The van der Waals surface area contributed by atoms with Gasteiger partial charge in [-0.25, -0.2) is 4.79 Å².